The van der Waals surface area contributed by atoms with Crippen molar-refractivity contribution in [1.29, 1.82) is 5.41 Å². The highest BCUT2D eigenvalue weighted by Gasteiger charge is 2.19. The van der Waals surface area contributed by atoms with Crippen LogP contribution in [0.5, 0.6) is 0 Å². The Morgan fingerprint density at radius 3 is 2.37 bits per heavy atom. The van der Waals surface area contributed by atoms with E-state index in [0.29, 0.717) is 16.6 Å². The van der Waals surface area contributed by atoms with Gasteiger partial charge in [-0.3, -0.25) is 10.3 Å². The molecular weight excluding hydrogens is 260 g/mol. The van der Waals surface area contributed by atoms with Gasteiger partial charge in [0, 0.05) is 43.5 Å². The first-order valence-corrected chi connectivity index (χ1v) is 7.00. The number of hydrogen-bond donors (Lipinski definition) is 2. The summed E-state index contributed by atoms with van der Waals surface area (Å²) in [4.78, 5) is 4.80. The smallest absolute Gasteiger partial charge is 0.124 e. The van der Waals surface area contributed by atoms with E-state index >= 15 is 0 Å². The fourth-order valence-corrected chi connectivity index (χ4v) is 2.69. The summed E-state index contributed by atoms with van der Waals surface area (Å²) in [5.41, 5.74) is 7.19. The van der Waals surface area contributed by atoms with Crippen molar-refractivity contribution in [2.75, 3.05) is 31.1 Å². The third kappa shape index (κ3) is 3.19. The van der Waals surface area contributed by atoms with Crippen molar-refractivity contribution in [3.63, 3.8) is 0 Å². The van der Waals surface area contributed by atoms with E-state index in [0.717, 1.165) is 31.9 Å². The molecule has 104 valence electrons. The molecule has 1 fully saturated rings. The molecule has 0 aliphatic carbocycles. The summed E-state index contributed by atoms with van der Waals surface area (Å²) in [6.07, 6.45) is 0. The number of amidine groups is 1. The SMILES string of the molecule is CC(C)N1CCN(c2ccc(C(=N)N)c(Cl)c2)CC1. The summed E-state index contributed by atoms with van der Waals surface area (Å²) in [5, 5.41) is 7.99. The number of benzene rings is 1. The van der Waals surface area contributed by atoms with Crippen molar-refractivity contribution in [1.82, 2.24) is 4.90 Å². The van der Waals surface area contributed by atoms with Crippen molar-refractivity contribution in [2.45, 2.75) is 19.9 Å². The second kappa shape index (κ2) is 5.80. The lowest BCUT2D eigenvalue weighted by molar-refractivity contribution is 0.209. The normalized spacial score (nSPS) is 16.9. The van der Waals surface area contributed by atoms with Crippen molar-refractivity contribution < 1.29 is 0 Å². The maximum absolute atomic E-state index is 7.44. The molecule has 0 saturated carbocycles. The van der Waals surface area contributed by atoms with E-state index in [1.165, 1.54) is 0 Å². The number of nitrogen functional groups attached to an aromatic ring is 1. The Kier molecular flexibility index (Phi) is 4.32. The Bertz CT molecular complexity index is 465. The molecule has 1 saturated heterocycles. The van der Waals surface area contributed by atoms with Crippen LogP contribution >= 0.6 is 11.6 Å². The van der Waals surface area contributed by atoms with Crippen molar-refractivity contribution in [3.8, 4) is 0 Å². The number of halogens is 1. The Hall–Kier alpha value is -1.26. The van der Waals surface area contributed by atoms with Crippen LogP contribution < -0.4 is 10.6 Å². The average Bonchev–Trinajstić information content (AvgIpc) is 2.38. The van der Waals surface area contributed by atoms with Crippen molar-refractivity contribution in [3.05, 3.63) is 28.8 Å². The molecule has 1 heterocycles. The Morgan fingerprint density at radius 1 is 1.26 bits per heavy atom. The maximum atomic E-state index is 7.44. The van der Waals surface area contributed by atoms with Gasteiger partial charge in [-0.25, -0.2) is 0 Å². The van der Waals surface area contributed by atoms with E-state index in [2.05, 4.69) is 23.6 Å². The van der Waals surface area contributed by atoms with Gasteiger partial charge < -0.3 is 10.6 Å². The fraction of sp³-hybridized carbons (Fsp3) is 0.500. The minimum Gasteiger partial charge on any atom is -0.384 e. The van der Waals surface area contributed by atoms with E-state index in [1.807, 2.05) is 18.2 Å². The zero-order chi connectivity index (χ0) is 14.0. The van der Waals surface area contributed by atoms with Gasteiger partial charge in [0.25, 0.3) is 0 Å². The maximum Gasteiger partial charge on any atom is 0.124 e. The number of piperazine rings is 1. The first-order valence-electron chi connectivity index (χ1n) is 6.62. The first-order chi connectivity index (χ1) is 8.99. The molecule has 0 unspecified atom stereocenters. The highest BCUT2D eigenvalue weighted by molar-refractivity contribution is 6.34. The van der Waals surface area contributed by atoms with Gasteiger partial charge in [0.2, 0.25) is 0 Å². The molecule has 2 rings (SSSR count). The number of nitrogens with two attached hydrogens (primary N) is 1. The molecule has 1 aliphatic rings. The second-order valence-electron chi connectivity index (χ2n) is 5.19. The molecule has 4 nitrogen and oxygen atoms in total. The van der Waals surface area contributed by atoms with Crippen LogP contribution in [-0.2, 0) is 0 Å². The molecule has 5 heteroatoms. The van der Waals surface area contributed by atoms with Crippen LogP contribution in [0, 0.1) is 5.41 Å². The van der Waals surface area contributed by atoms with Crippen LogP contribution in [0.1, 0.15) is 19.4 Å². The first kappa shape index (κ1) is 14.2. The van der Waals surface area contributed by atoms with Gasteiger partial charge in [0.05, 0.1) is 5.02 Å². The van der Waals surface area contributed by atoms with Crippen LogP contribution in [0.2, 0.25) is 5.02 Å². The Morgan fingerprint density at radius 2 is 1.89 bits per heavy atom. The second-order valence-corrected chi connectivity index (χ2v) is 5.60. The van der Waals surface area contributed by atoms with Gasteiger partial charge >= 0.3 is 0 Å². The lowest BCUT2D eigenvalue weighted by atomic mass is 10.1. The molecule has 0 bridgehead atoms. The molecule has 0 radical (unpaired) electrons. The molecule has 0 atom stereocenters. The molecule has 3 N–H and O–H groups in total. The molecule has 1 aromatic rings. The molecule has 19 heavy (non-hydrogen) atoms. The van der Waals surface area contributed by atoms with Gasteiger partial charge in [-0.1, -0.05) is 11.6 Å². The zero-order valence-corrected chi connectivity index (χ0v) is 12.2. The lowest BCUT2D eigenvalue weighted by Crippen LogP contribution is -2.48. The molecule has 0 spiro atoms. The summed E-state index contributed by atoms with van der Waals surface area (Å²) in [7, 11) is 0. The summed E-state index contributed by atoms with van der Waals surface area (Å²) < 4.78 is 0. The largest absolute Gasteiger partial charge is 0.384 e. The average molecular weight is 281 g/mol. The van der Waals surface area contributed by atoms with Gasteiger partial charge in [0.1, 0.15) is 5.84 Å². The topological polar surface area (TPSA) is 56.4 Å². The quantitative estimate of drug-likeness (QED) is 0.659. The van der Waals surface area contributed by atoms with Crippen LogP contribution in [0.3, 0.4) is 0 Å². The van der Waals surface area contributed by atoms with E-state index in [9.17, 15) is 0 Å². The highest BCUT2D eigenvalue weighted by Crippen LogP contribution is 2.24. The minimum absolute atomic E-state index is 0.0150. The number of nitrogens with one attached hydrogen (secondary N) is 1. The van der Waals surface area contributed by atoms with E-state index in [-0.39, 0.29) is 5.84 Å². The Balaban J connectivity index is 2.08. The number of rotatable bonds is 3. The van der Waals surface area contributed by atoms with Crippen LogP contribution in [0.15, 0.2) is 18.2 Å². The van der Waals surface area contributed by atoms with Crippen LogP contribution in [0.25, 0.3) is 0 Å². The monoisotopic (exact) mass is 280 g/mol. The van der Waals surface area contributed by atoms with Crippen molar-refractivity contribution in [2.24, 2.45) is 5.73 Å². The predicted molar refractivity (Wildman–Crippen MR) is 81.4 cm³/mol. The molecule has 1 aromatic carbocycles. The van der Waals surface area contributed by atoms with Gasteiger partial charge in [-0.15, -0.1) is 0 Å². The van der Waals surface area contributed by atoms with Crippen LogP contribution in [-0.4, -0.2) is 43.0 Å². The van der Waals surface area contributed by atoms with E-state index in [4.69, 9.17) is 22.7 Å². The van der Waals surface area contributed by atoms with E-state index < -0.39 is 0 Å². The predicted octanol–water partition coefficient (Wildman–Crippen LogP) is 2.15. The number of anilines is 1. The zero-order valence-electron chi connectivity index (χ0n) is 11.5. The molecular formula is C14H21ClN4. The lowest BCUT2D eigenvalue weighted by Gasteiger charge is -2.38. The summed E-state index contributed by atoms with van der Waals surface area (Å²) in [6, 6.07) is 6.33. The highest BCUT2D eigenvalue weighted by atomic mass is 35.5. The summed E-state index contributed by atoms with van der Waals surface area (Å²) in [5.74, 6) is 0.0150. The number of nitrogens with zero attached hydrogens (tertiary/aromatic N) is 2. The van der Waals surface area contributed by atoms with E-state index in [1.54, 1.807) is 0 Å². The molecule has 0 amide bonds. The van der Waals surface area contributed by atoms with Gasteiger partial charge in [0.15, 0.2) is 0 Å². The molecule has 1 aliphatic heterocycles. The minimum atomic E-state index is 0.0150. The summed E-state index contributed by atoms with van der Waals surface area (Å²) in [6.45, 7) is 8.62. The standard InChI is InChI=1S/C14H21ClN4/c1-10(2)18-5-7-19(8-6-18)11-3-4-12(14(16)17)13(15)9-11/h3-4,9-10H,5-8H2,1-2H3,(H3,16,17). The molecule has 0 aromatic heterocycles. The van der Waals surface area contributed by atoms with Gasteiger partial charge in [-0.2, -0.15) is 0 Å². The third-order valence-corrected chi connectivity index (χ3v) is 3.97. The number of hydrogen-bond acceptors (Lipinski definition) is 3. The third-order valence-electron chi connectivity index (χ3n) is 3.65. The van der Waals surface area contributed by atoms with Gasteiger partial charge in [-0.05, 0) is 32.0 Å². The summed E-state index contributed by atoms with van der Waals surface area (Å²) >= 11 is 6.16. The van der Waals surface area contributed by atoms with Crippen molar-refractivity contribution >= 4 is 23.1 Å². The Labute approximate surface area is 119 Å². The fourth-order valence-electron chi connectivity index (χ4n) is 2.42. The van der Waals surface area contributed by atoms with Crippen LogP contribution in [0.4, 0.5) is 5.69 Å².